The van der Waals surface area contributed by atoms with Crippen LogP contribution in [-0.2, 0) is 22.6 Å². The number of benzene rings is 1. The van der Waals surface area contributed by atoms with E-state index in [9.17, 15) is 14.4 Å². The first-order valence-corrected chi connectivity index (χ1v) is 10.2. The molecule has 1 amide bonds. The van der Waals surface area contributed by atoms with Crippen molar-refractivity contribution in [1.29, 1.82) is 0 Å². The van der Waals surface area contributed by atoms with Crippen molar-refractivity contribution in [3.63, 3.8) is 0 Å². The van der Waals surface area contributed by atoms with Crippen LogP contribution < -0.4 is 5.56 Å². The highest BCUT2D eigenvalue weighted by Gasteiger charge is 2.35. The molecule has 8 heteroatoms. The van der Waals surface area contributed by atoms with Gasteiger partial charge in [-0.25, -0.2) is 0 Å². The molecule has 8 nitrogen and oxygen atoms in total. The van der Waals surface area contributed by atoms with Crippen molar-refractivity contribution in [1.82, 2.24) is 19.1 Å². The van der Waals surface area contributed by atoms with E-state index in [1.54, 1.807) is 22.5 Å². The van der Waals surface area contributed by atoms with Gasteiger partial charge in [-0.1, -0.05) is 43.7 Å². The molecule has 3 heterocycles. The molecule has 1 aliphatic heterocycles. The summed E-state index contributed by atoms with van der Waals surface area (Å²) in [7, 11) is 0. The lowest BCUT2D eigenvalue weighted by Gasteiger charge is -2.15. The van der Waals surface area contributed by atoms with Crippen LogP contribution in [0.25, 0.3) is 16.9 Å². The quantitative estimate of drug-likeness (QED) is 0.561. The first kappa shape index (κ1) is 19.9. The lowest BCUT2D eigenvalue weighted by Crippen LogP contribution is -2.29. The summed E-state index contributed by atoms with van der Waals surface area (Å²) in [5, 5.41) is 4.49. The first-order valence-electron chi connectivity index (χ1n) is 10.2. The van der Waals surface area contributed by atoms with Crippen LogP contribution in [0.5, 0.6) is 0 Å². The summed E-state index contributed by atoms with van der Waals surface area (Å²) in [5.74, 6) is -0.697. The lowest BCUT2D eigenvalue weighted by atomic mass is 10.1. The molecule has 4 rings (SSSR count). The number of fused-ring (bicyclic) bond motifs is 2. The molecule has 156 valence electrons. The van der Waals surface area contributed by atoms with Crippen molar-refractivity contribution >= 4 is 17.5 Å². The largest absolute Gasteiger partial charge is 0.465 e. The number of hydrogen-bond donors (Lipinski definition) is 0. The molecule has 2 aromatic heterocycles. The Morgan fingerprint density at radius 3 is 2.63 bits per heavy atom. The molecular formula is C22H24N4O4. The van der Waals surface area contributed by atoms with Crippen molar-refractivity contribution < 1.29 is 14.3 Å². The number of esters is 1. The van der Waals surface area contributed by atoms with Gasteiger partial charge in [0.15, 0.2) is 0 Å². The Morgan fingerprint density at radius 2 is 1.93 bits per heavy atom. The zero-order chi connectivity index (χ0) is 21.3. The van der Waals surface area contributed by atoms with Crippen LogP contribution in [0.4, 0.5) is 0 Å². The fourth-order valence-corrected chi connectivity index (χ4v) is 3.79. The van der Waals surface area contributed by atoms with E-state index in [-0.39, 0.29) is 36.9 Å². The summed E-state index contributed by atoms with van der Waals surface area (Å²) < 4.78 is 7.97. The van der Waals surface area contributed by atoms with E-state index in [0.717, 1.165) is 18.4 Å². The standard InChI is InChI=1S/C22H24N4O4/c1-3-5-11-24-13-16-20(22(24)29)25(14-19(27)30-4-2)18-12-17(23-26(18)21(16)28)15-9-7-6-8-10-15/h6-10,12H,3-5,11,13-14H2,1-2H3. The number of hydrogen-bond acceptors (Lipinski definition) is 5. The predicted octanol–water partition coefficient (Wildman–Crippen LogP) is 2.48. The molecule has 30 heavy (non-hydrogen) atoms. The molecule has 3 aromatic rings. The van der Waals surface area contributed by atoms with E-state index < -0.39 is 5.97 Å². The lowest BCUT2D eigenvalue weighted by molar-refractivity contribution is -0.143. The molecule has 0 unspecified atom stereocenters. The Bertz CT molecular complexity index is 1160. The maximum absolute atomic E-state index is 13.2. The Labute approximate surface area is 173 Å². The van der Waals surface area contributed by atoms with E-state index >= 15 is 0 Å². The monoisotopic (exact) mass is 408 g/mol. The van der Waals surface area contributed by atoms with Crippen molar-refractivity contribution in [2.75, 3.05) is 13.2 Å². The SMILES string of the molecule is CCCCN1Cc2c(n(CC(=O)OCC)c3cc(-c4ccccc4)nn3c2=O)C1=O. The molecule has 0 radical (unpaired) electrons. The summed E-state index contributed by atoms with van der Waals surface area (Å²) in [4.78, 5) is 40.3. The van der Waals surface area contributed by atoms with Gasteiger partial charge < -0.3 is 14.2 Å². The van der Waals surface area contributed by atoms with Crippen LogP contribution in [0.2, 0.25) is 0 Å². The molecule has 0 aliphatic carbocycles. The fraction of sp³-hybridized carbons (Fsp3) is 0.364. The van der Waals surface area contributed by atoms with E-state index in [2.05, 4.69) is 5.10 Å². The summed E-state index contributed by atoms with van der Waals surface area (Å²) >= 11 is 0. The van der Waals surface area contributed by atoms with E-state index in [1.165, 1.54) is 4.52 Å². The molecule has 0 fully saturated rings. The second-order valence-electron chi connectivity index (χ2n) is 7.27. The number of ether oxygens (including phenoxy) is 1. The normalized spacial score (nSPS) is 13.1. The van der Waals surface area contributed by atoms with E-state index in [0.29, 0.717) is 23.4 Å². The number of aromatic nitrogens is 3. The molecule has 0 atom stereocenters. The number of carbonyl (C=O) groups excluding carboxylic acids is 2. The minimum absolute atomic E-state index is 0.159. The second kappa shape index (κ2) is 8.14. The van der Waals surface area contributed by atoms with Crippen LogP contribution in [0.1, 0.15) is 42.7 Å². The Balaban J connectivity index is 1.89. The Hall–Kier alpha value is -3.42. The molecular weight excluding hydrogens is 384 g/mol. The van der Waals surface area contributed by atoms with Crippen molar-refractivity contribution in [3.8, 4) is 11.3 Å². The molecule has 0 N–H and O–H groups in total. The fourth-order valence-electron chi connectivity index (χ4n) is 3.79. The topological polar surface area (TPSA) is 85.9 Å². The third kappa shape index (κ3) is 3.38. The van der Waals surface area contributed by atoms with Gasteiger partial charge in [-0.3, -0.25) is 14.4 Å². The second-order valence-corrected chi connectivity index (χ2v) is 7.27. The van der Waals surface area contributed by atoms with Gasteiger partial charge in [0.1, 0.15) is 17.9 Å². The maximum Gasteiger partial charge on any atom is 0.326 e. The van der Waals surface area contributed by atoms with Crippen LogP contribution in [-0.4, -0.2) is 44.1 Å². The third-order valence-electron chi connectivity index (χ3n) is 5.26. The van der Waals surface area contributed by atoms with Crippen molar-refractivity contribution in [2.24, 2.45) is 0 Å². The number of nitrogens with zero attached hydrogens (tertiary/aromatic N) is 4. The molecule has 0 saturated carbocycles. The highest BCUT2D eigenvalue weighted by Crippen LogP contribution is 2.25. The molecule has 1 aromatic carbocycles. The van der Waals surface area contributed by atoms with E-state index in [4.69, 9.17) is 4.74 Å². The van der Waals surface area contributed by atoms with Gasteiger partial charge in [-0.15, -0.1) is 0 Å². The average Bonchev–Trinajstić information content (AvgIpc) is 3.33. The van der Waals surface area contributed by atoms with Gasteiger partial charge >= 0.3 is 5.97 Å². The van der Waals surface area contributed by atoms with Gasteiger partial charge in [0, 0.05) is 18.2 Å². The van der Waals surface area contributed by atoms with Crippen molar-refractivity contribution in [2.45, 2.75) is 39.8 Å². The smallest absolute Gasteiger partial charge is 0.326 e. The van der Waals surface area contributed by atoms with Crippen molar-refractivity contribution in [3.05, 3.63) is 58.0 Å². The Kier molecular flexibility index (Phi) is 5.39. The van der Waals surface area contributed by atoms with Crippen LogP contribution in [0.3, 0.4) is 0 Å². The average molecular weight is 408 g/mol. The molecule has 1 aliphatic rings. The summed E-state index contributed by atoms with van der Waals surface area (Å²) in [6, 6.07) is 11.2. The number of rotatable bonds is 7. The van der Waals surface area contributed by atoms with Gasteiger partial charge in [-0.05, 0) is 13.3 Å². The Morgan fingerprint density at radius 1 is 1.17 bits per heavy atom. The van der Waals surface area contributed by atoms with E-state index in [1.807, 2.05) is 37.3 Å². The van der Waals surface area contributed by atoms with Gasteiger partial charge in [0.2, 0.25) is 0 Å². The molecule has 0 spiro atoms. The number of amides is 1. The van der Waals surface area contributed by atoms with Crippen LogP contribution >= 0.6 is 0 Å². The summed E-state index contributed by atoms with van der Waals surface area (Å²) in [5.41, 5.74) is 2.15. The number of unbranched alkanes of at least 4 members (excludes halogenated alkanes) is 1. The highest BCUT2D eigenvalue weighted by molar-refractivity contribution is 5.97. The van der Waals surface area contributed by atoms with Gasteiger partial charge in [0.05, 0.1) is 24.4 Å². The number of carbonyl (C=O) groups is 2. The zero-order valence-electron chi connectivity index (χ0n) is 17.1. The predicted molar refractivity (Wildman–Crippen MR) is 111 cm³/mol. The highest BCUT2D eigenvalue weighted by atomic mass is 16.5. The minimum atomic E-state index is -0.465. The summed E-state index contributed by atoms with van der Waals surface area (Å²) in [6.45, 7) is 4.66. The van der Waals surface area contributed by atoms with Crippen LogP contribution in [0.15, 0.2) is 41.2 Å². The maximum atomic E-state index is 13.2. The van der Waals surface area contributed by atoms with Gasteiger partial charge in [-0.2, -0.15) is 9.61 Å². The molecule has 0 saturated heterocycles. The first-order chi connectivity index (χ1) is 14.5. The summed E-state index contributed by atoms with van der Waals surface area (Å²) in [6.07, 6.45) is 1.79. The van der Waals surface area contributed by atoms with Gasteiger partial charge in [0.25, 0.3) is 11.5 Å². The zero-order valence-corrected chi connectivity index (χ0v) is 17.1. The molecule has 0 bridgehead atoms. The minimum Gasteiger partial charge on any atom is -0.465 e. The van der Waals surface area contributed by atoms with Crippen LogP contribution in [0, 0.1) is 0 Å². The third-order valence-corrected chi connectivity index (χ3v) is 5.26.